The molecule has 1 saturated heterocycles. The molecule has 2 aliphatic heterocycles. The van der Waals surface area contributed by atoms with Crippen molar-refractivity contribution in [2.45, 2.75) is 6.92 Å². The first-order valence-corrected chi connectivity index (χ1v) is 10.9. The van der Waals surface area contributed by atoms with E-state index in [4.69, 9.17) is 31.5 Å². The van der Waals surface area contributed by atoms with Crippen molar-refractivity contribution in [2.75, 3.05) is 32.7 Å². The number of fused-ring (bicyclic) bond motifs is 2. The second-order valence-electron chi connectivity index (χ2n) is 6.73. The Labute approximate surface area is 188 Å². The van der Waals surface area contributed by atoms with Gasteiger partial charge in [0.25, 0.3) is 0 Å². The van der Waals surface area contributed by atoms with Gasteiger partial charge in [0.1, 0.15) is 17.3 Å². The number of nitrogens with zero attached hydrogens (tertiary/aromatic N) is 3. The lowest BCUT2D eigenvalue weighted by molar-refractivity contribution is -0.134. The summed E-state index contributed by atoms with van der Waals surface area (Å²) < 4.78 is 6.06. The maximum absolute atomic E-state index is 9.55. The molecule has 0 atom stereocenters. The minimum Gasteiger partial charge on any atom is -0.478 e. The number of hydrogen-bond donors (Lipinski definition) is 2. The van der Waals surface area contributed by atoms with Crippen molar-refractivity contribution in [1.29, 1.82) is 0 Å². The number of hydrogen-bond acceptors (Lipinski definition) is 7. The van der Waals surface area contributed by atoms with Crippen molar-refractivity contribution >= 4 is 46.4 Å². The Bertz CT molecular complexity index is 996. The molecule has 10 heteroatoms. The number of benzene rings is 1. The van der Waals surface area contributed by atoms with Crippen LogP contribution in [-0.2, 0) is 9.59 Å². The molecule has 0 spiro atoms. The Morgan fingerprint density at radius 3 is 2.42 bits per heavy atom. The average Bonchev–Trinajstić information content (AvgIpc) is 3.15. The van der Waals surface area contributed by atoms with Gasteiger partial charge in [-0.3, -0.25) is 0 Å². The number of thiophene rings is 1. The zero-order chi connectivity index (χ0) is 22.4. The molecule has 2 aliphatic rings. The van der Waals surface area contributed by atoms with Gasteiger partial charge in [0.15, 0.2) is 5.75 Å². The number of carboxylic acids is 2. The molecule has 3 heterocycles. The predicted molar refractivity (Wildman–Crippen MR) is 120 cm³/mol. The van der Waals surface area contributed by atoms with Gasteiger partial charge in [-0.15, -0.1) is 11.3 Å². The number of carbonyl (C=O) groups is 2. The molecule has 0 aliphatic carbocycles. The third-order valence-electron chi connectivity index (χ3n) is 4.72. The molecule has 0 saturated carbocycles. The second kappa shape index (κ2) is 10.4. The van der Waals surface area contributed by atoms with Gasteiger partial charge in [-0.2, -0.15) is 0 Å². The van der Waals surface area contributed by atoms with Gasteiger partial charge >= 0.3 is 11.9 Å². The number of ether oxygens (including phenoxy) is 1. The number of piperazine rings is 1. The molecule has 31 heavy (non-hydrogen) atoms. The van der Waals surface area contributed by atoms with E-state index >= 15 is 0 Å². The van der Waals surface area contributed by atoms with Crippen molar-refractivity contribution in [3.05, 3.63) is 51.7 Å². The van der Waals surface area contributed by atoms with Crippen molar-refractivity contribution in [3.63, 3.8) is 0 Å². The molecule has 0 amide bonds. The number of amidine groups is 1. The van der Waals surface area contributed by atoms with Crippen LogP contribution in [0.3, 0.4) is 0 Å². The lowest BCUT2D eigenvalue weighted by Crippen LogP contribution is -2.48. The van der Waals surface area contributed by atoms with E-state index in [1.807, 2.05) is 23.6 Å². The van der Waals surface area contributed by atoms with Gasteiger partial charge in [0, 0.05) is 54.1 Å². The average molecular weight is 464 g/mol. The SMILES string of the molecule is CCN1CCN(C2=Nc3cc(Cl)ccc3Oc3cscc32)CC1.O=C(O)/C=C/C(=O)O. The Hall–Kier alpha value is -2.88. The van der Waals surface area contributed by atoms with Gasteiger partial charge in [-0.05, 0) is 24.7 Å². The first kappa shape index (κ1) is 22.8. The summed E-state index contributed by atoms with van der Waals surface area (Å²) in [6.45, 7) is 7.42. The van der Waals surface area contributed by atoms with E-state index in [9.17, 15) is 9.59 Å². The minimum absolute atomic E-state index is 0.558. The highest BCUT2D eigenvalue weighted by molar-refractivity contribution is 7.08. The van der Waals surface area contributed by atoms with Crippen LogP contribution in [0.2, 0.25) is 5.02 Å². The minimum atomic E-state index is -1.26. The molecule has 1 aromatic carbocycles. The highest BCUT2D eigenvalue weighted by Gasteiger charge is 2.26. The van der Waals surface area contributed by atoms with Crippen LogP contribution in [0.25, 0.3) is 0 Å². The van der Waals surface area contributed by atoms with Crippen LogP contribution in [0.15, 0.2) is 46.1 Å². The number of carboxylic acid groups (broad SMARTS) is 2. The van der Waals surface area contributed by atoms with Crippen LogP contribution in [0.4, 0.5) is 5.69 Å². The maximum Gasteiger partial charge on any atom is 0.328 e. The Morgan fingerprint density at radius 1 is 1.13 bits per heavy atom. The van der Waals surface area contributed by atoms with Crippen LogP contribution in [-0.4, -0.2) is 70.5 Å². The molecule has 8 nitrogen and oxygen atoms in total. The van der Waals surface area contributed by atoms with Gasteiger partial charge < -0.3 is 24.7 Å². The number of rotatable bonds is 3. The fraction of sp³-hybridized carbons (Fsp3) is 0.286. The third-order valence-corrected chi connectivity index (χ3v) is 5.68. The van der Waals surface area contributed by atoms with Crippen LogP contribution in [0.1, 0.15) is 12.5 Å². The van der Waals surface area contributed by atoms with E-state index in [1.165, 1.54) is 0 Å². The Balaban J connectivity index is 0.000000293. The zero-order valence-electron chi connectivity index (χ0n) is 16.8. The topological polar surface area (TPSA) is 103 Å². The highest BCUT2D eigenvalue weighted by atomic mass is 35.5. The molecule has 0 bridgehead atoms. The quantitative estimate of drug-likeness (QED) is 0.664. The molecule has 4 rings (SSSR count). The highest BCUT2D eigenvalue weighted by Crippen LogP contribution is 2.41. The molecule has 2 N–H and O–H groups in total. The second-order valence-corrected chi connectivity index (χ2v) is 7.91. The van der Waals surface area contributed by atoms with Gasteiger partial charge in [0.05, 0.1) is 5.56 Å². The fourth-order valence-corrected chi connectivity index (χ4v) is 4.03. The van der Waals surface area contributed by atoms with Gasteiger partial charge in [-0.1, -0.05) is 18.5 Å². The monoisotopic (exact) mass is 463 g/mol. The molecule has 0 radical (unpaired) electrons. The summed E-state index contributed by atoms with van der Waals surface area (Å²) in [6, 6.07) is 5.60. The lowest BCUT2D eigenvalue weighted by Gasteiger charge is -2.35. The van der Waals surface area contributed by atoms with Crippen molar-refractivity contribution in [1.82, 2.24) is 9.80 Å². The van der Waals surface area contributed by atoms with E-state index in [0.29, 0.717) is 17.2 Å². The summed E-state index contributed by atoms with van der Waals surface area (Å²) in [7, 11) is 0. The smallest absolute Gasteiger partial charge is 0.328 e. The van der Waals surface area contributed by atoms with Crippen LogP contribution < -0.4 is 4.74 Å². The molecule has 1 fully saturated rings. The summed E-state index contributed by atoms with van der Waals surface area (Å²) in [4.78, 5) is 28.8. The van der Waals surface area contributed by atoms with E-state index in [2.05, 4.69) is 22.1 Å². The number of likely N-dealkylation sites (N-methyl/N-ethyl adjacent to an activating group) is 1. The third kappa shape index (κ3) is 6.06. The fourth-order valence-electron chi connectivity index (χ4n) is 3.14. The van der Waals surface area contributed by atoms with Crippen molar-refractivity contribution in [2.24, 2.45) is 4.99 Å². The first-order valence-electron chi connectivity index (χ1n) is 9.61. The number of halogens is 1. The Kier molecular flexibility index (Phi) is 7.67. The van der Waals surface area contributed by atoms with Crippen LogP contribution >= 0.6 is 22.9 Å². The summed E-state index contributed by atoms with van der Waals surface area (Å²) in [6.07, 6.45) is 1.12. The van der Waals surface area contributed by atoms with Crippen molar-refractivity contribution in [3.8, 4) is 11.5 Å². The summed E-state index contributed by atoms with van der Waals surface area (Å²) in [5, 5.41) is 20.5. The van der Waals surface area contributed by atoms with E-state index in [-0.39, 0.29) is 0 Å². The number of aliphatic carboxylic acids is 2. The molecule has 2 aromatic rings. The first-order chi connectivity index (χ1) is 14.9. The molecule has 164 valence electrons. The van der Waals surface area contributed by atoms with E-state index in [0.717, 1.165) is 61.3 Å². The molecule has 0 unspecified atom stereocenters. The van der Waals surface area contributed by atoms with E-state index in [1.54, 1.807) is 11.3 Å². The normalized spacial score (nSPS) is 15.7. The van der Waals surface area contributed by atoms with Gasteiger partial charge in [0.2, 0.25) is 0 Å². The zero-order valence-corrected chi connectivity index (χ0v) is 18.4. The van der Waals surface area contributed by atoms with Gasteiger partial charge in [-0.25, -0.2) is 14.6 Å². The summed E-state index contributed by atoms with van der Waals surface area (Å²) >= 11 is 7.79. The Morgan fingerprint density at radius 2 is 1.81 bits per heavy atom. The molecular weight excluding hydrogens is 442 g/mol. The summed E-state index contributed by atoms with van der Waals surface area (Å²) in [5.74, 6) is 0.127. The van der Waals surface area contributed by atoms with Crippen LogP contribution in [0, 0.1) is 0 Å². The molecular formula is C21H22ClN3O5S. The van der Waals surface area contributed by atoms with E-state index < -0.39 is 11.9 Å². The molecule has 1 aromatic heterocycles. The largest absolute Gasteiger partial charge is 0.478 e. The maximum atomic E-state index is 9.55. The predicted octanol–water partition coefficient (Wildman–Crippen LogP) is 3.93. The van der Waals surface area contributed by atoms with Crippen molar-refractivity contribution < 1.29 is 24.5 Å². The lowest BCUT2D eigenvalue weighted by atomic mass is 10.2. The number of aliphatic imine (C=N–C) groups is 1. The standard InChI is InChI=1S/C17H18ClN3OS.C4H4O4/c1-2-20-5-7-21(8-6-20)17-13-10-23-11-16(13)22-15-4-3-12(18)9-14(15)19-17;5-3(6)1-2-4(7)8/h3-4,9-11H,2,5-8H2,1H3;1-2H,(H,5,6)(H,7,8)/b;2-1+. The van der Waals surface area contributed by atoms with Crippen LogP contribution in [0.5, 0.6) is 11.5 Å². The summed E-state index contributed by atoms with van der Waals surface area (Å²) in [5.41, 5.74) is 1.87.